The van der Waals surface area contributed by atoms with Gasteiger partial charge in [-0.2, -0.15) is 5.10 Å². The van der Waals surface area contributed by atoms with Crippen molar-refractivity contribution in [2.45, 2.75) is 25.7 Å². The van der Waals surface area contributed by atoms with Gasteiger partial charge in [-0.05, 0) is 26.8 Å². The van der Waals surface area contributed by atoms with Gasteiger partial charge in [0, 0.05) is 18.7 Å². The SMILES string of the molecule is Cc1ccc(NS(=O)(=O)c2c(C)nn(C)c2C)cc1[N+](=O)[O-]. The highest BCUT2D eigenvalue weighted by molar-refractivity contribution is 7.92. The Labute approximate surface area is 128 Å². The third-order valence-corrected chi connectivity index (χ3v) is 5.00. The van der Waals surface area contributed by atoms with Gasteiger partial charge in [-0.15, -0.1) is 0 Å². The molecule has 1 N–H and O–H groups in total. The topological polar surface area (TPSA) is 107 Å². The largest absolute Gasteiger partial charge is 0.279 e. The number of rotatable bonds is 4. The van der Waals surface area contributed by atoms with Crippen LogP contribution in [0.1, 0.15) is 17.0 Å². The number of sulfonamides is 1. The average Bonchev–Trinajstić information content (AvgIpc) is 2.65. The first-order chi connectivity index (χ1) is 10.1. The molecule has 0 fully saturated rings. The molecule has 8 nitrogen and oxygen atoms in total. The molecule has 9 heteroatoms. The number of anilines is 1. The lowest BCUT2D eigenvalue weighted by molar-refractivity contribution is -0.385. The molecule has 0 bridgehead atoms. The summed E-state index contributed by atoms with van der Waals surface area (Å²) in [5.41, 5.74) is 1.32. The molecule has 0 radical (unpaired) electrons. The van der Waals surface area contributed by atoms with E-state index in [0.717, 1.165) is 0 Å². The van der Waals surface area contributed by atoms with Gasteiger partial charge in [0.05, 0.1) is 22.0 Å². The number of aromatic nitrogens is 2. The number of nitro benzene ring substituents is 1. The van der Waals surface area contributed by atoms with E-state index in [1.807, 2.05) is 0 Å². The number of hydrogen-bond acceptors (Lipinski definition) is 5. The summed E-state index contributed by atoms with van der Waals surface area (Å²) in [5, 5.41) is 15.0. The van der Waals surface area contributed by atoms with Crippen molar-refractivity contribution in [1.29, 1.82) is 0 Å². The molecule has 1 heterocycles. The predicted octanol–water partition coefficient (Wildman–Crippen LogP) is 2.05. The first kappa shape index (κ1) is 16.0. The Morgan fingerprint density at radius 3 is 2.41 bits per heavy atom. The fourth-order valence-electron chi connectivity index (χ4n) is 2.22. The normalized spacial score (nSPS) is 11.5. The molecule has 118 valence electrons. The predicted molar refractivity (Wildman–Crippen MR) is 81.3 cm³/mol. The number of aryl methyl sites for hydroxylation is 3. The van der Waals surface area contributed by atoms with Crippen LogP contribution in [0.2, 0.25) is 0 Å². The summed E-state index contributed by atoms with van der Waals surface area (Å²) >= 11 is 0. The van der Waals surface area contributed by atoms with Crippen molar-refractivity contribution < 1.29 is 13.3 Å². The van der Waals surface area contributed by atoms with Crippen molar-refractivity contribution in [3.8, 4) is 0 Å². The molecule has 0 saturated heterocycles. The molecule has 0 atom stereocenters. The Bertz CT molecular complexity index is 855. The number of hydrogen-bond donors (Lipinski definition) is 1. The Kier molecular flexibility index (Phi) is 3.92. The molecule has 0 aliphatic carbocycles. The minimum absolute atomic E-state index is 0.0817. The van der Waals surface area contributed by atoms with E-state index >= 15 is 0 Å². The standard InChI is InChI=1S/C13H16N4O4S/c1-8-5-6-11(7-12(8)17(18)19)15-22(20,21)13-9(2)14-16(4)10(13)3/h5-7,15H,1-4H3. The highest BCUT2D eigenvalue weighted by Crippen LogP contribution is 2.26. The van der Waals surface area contributed by atoms with Crippen LogP contribution in [0.15, 0.2) is 23.1 Å². The summed E-state index contributed by atoms with van der Waals surface area (Å²) in [4.78, 5) is 10.5. The quantitative estimate of drug-likeness (QED) is 0.684. The van der Waals surface area contributed by atoms with E-state index in [2.05, 4.69) is 9.82 Å². The molecule has 0 saturated carbocycles. The number of nitro groups is 1. The van der Waals surface area contributed by atoms with Crippen molar-refractivity contribution >= 4 is 21.4 Å². The molecule has 22 heavy (non-hydrogen) atoms. The van der Waals surface area contributed by atoms with Gasteiger partial charge in [0.2, 0.25) is 0 Å². The van der Waals surface area contributed by atoms with Gasteiger partial charge >= 0.3 is 0 Å². The van der Waals surface area contributed by atoms with E-state index in [4.69, 9.17) is 0 Å². The van der Waals surface area contributed by atoms with E-state index in [1.165, 1.54) is 22.9 Å². The van der Waals surface area contributed by atoms with Crippen molar-refractivity contribution in [1.82, 2.24) is 9.78 Å². The fraction of sp³-hybridized carbons (Fsp3) is 0.308. The monoisotopic (exact) mass is 324 g/mol. The summed E-state index contributed by atoms with van der Waals surface area (Å²) < 4.78 is 28.8. The van der Waals surface area contributed by atoms with Crippen molar-refractivity contribution in [3.63, 3.8) is 0 Å². The van der Waals surface area contributed by atoms with Crippen molar-refractivity contribution in [2.24, 2.45) is 7.05 Å². The minimum Gasteiger partial charge on any atom is -0.279 e. The van der Waals surface area contributed by atoms with Crippen LogP contribution in [0.4, 0.5) is 11.4 Å². The van der Waals surface area contributed by atoms with E-state index in [-0.39, 0.29) is 16.3 Å². The van der Waals surface area contributed by atoms with Gasteiger partial charge in [0.25, 0.3) is 15.7 Å². The molecule has 2 rings (SSSR count). The summed E-state index contributed by atoms with van der Waals surface area (Å²) in [7, 11) is -2.21. The van der Waals surface area contributed by atoms with Gasteiger partial charge in [-0.25, -0.2) is 8.42 Å². The minimum atomic E-state index is -3.87. The second-order valence-corrected chi connectivity index (χ2v) is 6.61. The molecule has 0 amide bonds. The van der Waals surface area contributed by atoms with Crippen LogP contribution >= 0.6 is 0 Å². The highest BCUT2D eigenvalue weighted by Gasteiger charge is 2.24. The molecule has 0 aliphatic rings. The third-order valence-electron chi connectivity index (χ3n) is 3.37. The maximum absolute atomic E-state index is 12.5. The van der Waals surface area contributed by atoms with Gasteiger partial charge in [0.15, 0.2) is 0 Å². The molecule has 2 aromatic rings. The third kappa shape index (κ3) is 2.80. The zero-order valence-corrected chi connectivity index (χ0v) is 13.4. The molecule has 1 aromatic carbocycles. The number of nitrogens with zero attached hydrogens (tertiary/aromatic N) is 3. The van der Waals surface area contributed by atoms with Crippen LogP contribution in [0.5, 0.6) is 0 Å². The van der Waals surface area contributed by atoms with Crippen LogP contribution in [0, 0.1) is 30.9 Å². The second-order valence-electron chi connectivity index (χ2n) is 4.99. The number of nitrogens with one attached hydrogen (secondary N) is 1. The van der Waals surface area contributed by atoms with Gasteiger partial charge in [-0.3, -0.25) is 19.5 Å². The Balaban J connectivity index is 2.46. The first-order valence-electron chi connectivity index (χ1n) is 6.41. The van der Waals surface area contributed by atoms with Gasteiger partial charge in [-0.1, -0.05) is 6.07 Å². The van der Waals surface area contributed by atoms with Crippen LogP contribution in [0.25, 0.3) is 0 Å². The molecule has 1 aromatic heterocycles. The number of benzene rings is 1. The lowest BCUT2D eigenvalue weighted by atomic mass is 10.2. The lowest BCUT2D eigenvalue weighted by Gasteiger charge is -2.09. The average molecular weight is 324 g/mol. The van der Waals surface area contributed by atoms with Gasteiger partial charge in [0.1, 0.15) is 4.90 Å². The summed E-state index contributed by atoms with van der Waals surface area (Å²) in [5.74, 6) is 0. The molecular weight excluding hydrogens is 308 g/mol. The molecule has 0 spiro atoms. The van der Waals surface area contributed by atoms with Crippen LogP contribution in [-0.2, 0) is 17.1 Å². The molecular formula is C13H16N4O4S. The fourth-order valence-corrected chi connectivity index (χ4v) is 3.71. The van der Waals surface area contributed by atoms with Crippen LogP contribution < -0.4 is 4.72 Å². The van der Waals surface area contributed by atoms with Crippen molar-refractivity contribution in [3.05, 3.63) is 45.3 Å². The van der Waals surface area contributed by atoms with E-state index in [1.54, 1.807) is 27.8 Å². The molecule has 0 unspecified atom stereocenters. The Hall–Kier alpha value is -2.42. The van der Waals surface area contributed by atoms with E-state index in [0.29, 0.717) is 17.0 Å². The second kappa shape index (κ2) is 5.41. The lowest BCUT2D eigenvalue weighted by Crippen LogP contribution is -2.15. The molecule has 0 aliphatic heterocycles. The summed E-state index contributed by atoms with van der Waals surface area (Å²) in [6.45, 7) is 4.83. The Morgan fingerprint density at radius 1 is 1.27 bits per heavy atom. The van der Waals surface area contributed by atoms with E-state index < -0.39 is 14.9 Å². The zero-order chi connectivity index (χ0) is 16.7. The first-order valence-corrected chi connectivity index (χ1v) is 7.90. The summed E-state index contributed by atoms with van der Waals surface area (Å²) in [6, 6.07) is 4.19. The van der Waals surface area contributed by atoms with Crippen molar-refractivity contribution in [2.75, 3.05) is 4.72 Å². The summed E-state index contributed by atoms with van der Waals surface area (Å²) in [6.07, 6.45) is 0. The van der Waals surface area contributed by atoms with Crippen LogP contribution in [0.3, 0.4) is 0 Å². The van der Waals surface area contributed by atoms with Gasteiger partial charge < -0.3 is 0 Å². The van der Waals surface area contributed by atoms with E-state index in [9.17, 15) is 18.5 Å². The Morgan fingerprint density at radius 2 is 1.91 bits per heavy atom. The maximum Gasteiger partial charge on any atom is 0.274 e. The smallest absolute Gasteiger partial charge is 0.274 e. The van der Waals surface area contributed by atoms with Crippen LogP contribution in [-0.4, -0.2) is 23.1 Å². The highest BCUT2D eigenvalue weighted by atomic mass is 32.2. The maximum atomic E-state index is 12.5. The zero-order valence-electron chi connectivity index (χ0n) is 12.6.